The topological polar surface area (TPSA) is 43.0 Å². The lowest BCUT2D eigenvalue weighted by Gasteiger charge is -2.17. The molecule has 104 valence electrons. The smallest absolute Gasteiger partial charge is 0.108 e. The molecule has 2 heterocycles. The lowest BCUT2D eigenvalue weighted by Crippen LogP contribution is -2.24. The molecule has 0 saturated heterocycles. The van der Waals surface area contributed by atoms with E-state index in [4.69, 9.17) is 4.42 Å². The molecule has 2 aromatic heterocycles. The molecular formula is C15H23N3O. The number of nitrogens with one attached hydrogen (secondary N) is 1. The van der Waals surface area contributed by atoms with Crippen LogP contribution in [0.1, 0.15) is 43.2 Å². The molecule has 0 spiro atoms. The van der Waals surface area contributed by atoms with E-state index in [9.17, 15) is 0 Å². The highest BCUT2D eigenvalue weighted by Crippen LogP contribution is 2.23. The molecule has 0 fully saturated rings. The Balaban J connectivity index is 2.15. The fraction of sp³-hybridized carbons (Fsp3) is 0.533. The SMILES string of the molecule is CCCNC(Cc1cnn(C)c1)c1ccoc1CC. The standard InChI is InChI=1S/C15H23N3O/c1-4-7-16-14(9-12-10-17-18(3)11-12)13-6-8-19-15(13)5-2/h6,8,10-11,14,16H,4-5,7,9H2,1-3H3. The number of nitrogens with zero attached hydrogens (tertiary/aromatic N) is 2. The van der Waals surface area contributed by atoms with Crippen molar-refractivity contribution in [2.24, 2.45) is 7.05 Å². The molecule has 0 aliphatic carbocycles. The number of aryl methyl sites for hydroxylation is 2. The van der Waals surface area contributed by atoms with Crippen molar-refractivity contribution in [2.75, 3.05) is 6.54 Å². The monoisotopic (exact) mass is 261 g/mol. The number of hydrogen-bond donors (Lipinski definition) is 1. The zero-order chi connectivity index (χ0) is 13.7. The third-order valence-corrected chi connectivity index (χ3v) is 3.32. The van der Waals surface area contributed by atoms with E-state index >= 15 is 0 Å². The lowest BCUT2D eigenvalue weighted by atomic mass is 10.00. The number of furan rings is 1. The van der Waals surface area contributed by atoms with Crippen LogP contribution in [0.25, 0.3) is 0 Å². The van der Waals surface area contributed by atoms with Crippen molar-refractivity contribution in [1.29, 1.82) is 0 Å². The van der Waals surface area contributed by atoms with Crippen LogP contribution >= 0.6 is 0 Å². The Morgan fingerprint density at radius 1 is 1.42 bits per heavy atom. The molecule has 4 nitrogen and oxygen atoms in total. The van der Waals surface area contributed by atoms with Crippen LogP contribution in [0, 0.1) is 0 Å². The summed E-state index contributed by atoms with van der Waals surface area (Å²) < 4.78 is 7.41. The maximum Gasteiger partial charge on any atom is 0.108 e. The first-order valence-corrected chi connectivity index (χ1v) is 7.01. The summed E-state index contributed by atoms with van der Waals surface area (Å²) in [4.78, 5) is 0. The highest BCUT2D eigenvalue weighted by molar-refractivity contribution is 5.24. The van der Waals surface area contributed by atoms with Crippen LogP contribution in [-0.2, 0) is 19.9 Å². The van der Waals surface area contributed by atoms with Gasteiger partial charge < -0.3 is 9.73 Å². The van der Waals surface area contributed by atoms with E-state index in [0.717, 1.165) is 31.6 Å². The van der Waals surface area contributed by atoms with Crippen molar-refractivity contribution in [3.8, 4) is 0 Å². The summed E-state index contributed by atoms with van der Waals surface area (Å²) in [5, 5.41) is 7.85. The van der Waals surface area contributed by atoms with Crippen LogP contribution in [0.4, 0.5) is 0 Å². The minimum Gasteiger partial charge on any atom is -0.469 e. The molecule has 0 amide bonds. The van der Waals surface area contributed by atoms with Crippen LogP contribution in [0.5, 0.6) is 0 Å². The molecule has 0 radical (unpaired) electrons. The maximum absolute atomic E-state index is 5.56. The lowest BCUT2D eigenvalue weighted by molar-refractivity contribution is 0.481. The highest BCUT2D eigenvalue weighted by atomic mass is 16.3. The fourth-order valence-corrected chi connectivity index (χ4v) is 2.37. The predicted octanol–water partition coefficient (Wildman–Crippen LogP) is 2.86. The zero-order valence-corrected chi connectivity index (χ0v) is 12.0. The second-order valence-corrected chi connectivity index (χ2v) is 4.89. The van der Waals surface area contributed by atoms with E-state index in [1.54, 1.807) is 6.26 Å². The first-order chi connectivity index (χ1) is 9.24. The molecule has 0 aliphatic heterocycles. The van der Waals surface area contributed by atoms with Crippen LogP contribution < -0.4 is 5.32 Å². The summed E-state index contributed by atoms with van der Waals surface area (Å²) in [6.45, 7) is 5.33. The molecular weight excluding hydrogens is 238 g/mol. The first-order valence-electron chi connectivity index (χ1n) is 7.01. The van der Waals surface area contributed by atoms with Gasteiger partial charge in [-0.05, 0) is 31.0 Å². The normalized spacial score (nSPS) is 12.8. The molecule has 2 aromatic rings. The second-order valence-electron chi connectivity index (χ2n) is 4.89. The molecule has 1 atom stereocenters. The molecule has 1 unspecified atom stereocenters. The Morgan fingerprint density at radius 3 is 2.89 bits per heavy atom. The molecule has 0 saturated carbocycles. The van der Waals surface area contributed by atoms with E-state index in [0.29, 0.717) is 6.04 Å². The van der Waals surface area contributed by atoms with Crippen molar-refractivity contribution in [2.45, 2.75) is 39.2 Å². The van der Waals surface area contributed by atoms with Gasteiger partial charge in [0.1, 0.15) is 5.76 Å². The van der Waals surface area contributed by atoms with Crippen molar-refractivity contribution in [3.63, 3.8) is 0 Å². The average Bonchev–Trinajstić information content (AvgIpc) is 3.03. The summed E-state index contributed by atoms with van der Waals surface area (Å²) in [6.07, 6.45) is 8.81. The predicted molar refractivity (Wildman–Crippen MR) is 76.0 cm³/mol. The summed E-state index contributed by atoms with van der Waals surface area (Å²) in [6, 6.07) is 2.39. The molecule has 2 rings (SSSR count). The number of rotatable bonds is 7. The van der Waals surface area contributed by atoms with Gasteiger partial charge in [0, 0.05) is 31.3 Å². The minimum atomic E-state index is 0.304. The average molecular weight is 261 g/mol. The molecule has 4 heteroatoms. The Hall–Kier alpha value is -1.55. The minimum absolute atomic E-state index is 0.304. The van der Waals surface area contributed by atoms with Crippen LogP contribution in [-0.4, -0.2) is 16.3 Å². The molecule has 0 aromatic carbocycles. The molecule has 0 bridgehead atoms. The van der Waals surface area contributed by atoms with E-state index in [1.807, 2.05) is 17.9 Å². The maximum atomic E-state index is 5.56. The highest BCUT2D eigenvalue weighted by Gasteiger charge is 2.17. The van der Waals surface area contributed by atoms with Gasteiger partial charge in [-0.25, -0.2) is 0 Å². The van der Waals surface area contributed by atoms with Gasteiger partial charge in [0.25, 0.3) is 0 Å². The van der Waals surface area contributed by atoms with Crippen LogP contribution in [0.15, 0.2) is 29.1 Å². The van der Waals surface area contributed by atoms with Crippen LogP contribution in [0.2, 0.25) is 0 Å². The summed E-state index contributed by atoms with van der Waals surface area (Å²) in [5.41, 5.74) is 2.53. The molecule has 19 heavy (non-hydrogen) atoms. The fourth-order valence-electron chi connectivity index (χ4n) is 2.37. The van der Waals surface area contributed by atoms with Crippen molar-refractivity contribution in [1.82, 2.24) is 15.1 Å². The quantitative estimate of drug-likeness (QED) is 0.833. The van der Waals surface area contributed by atoms with Gasteiger partial charge in [-0.2, -0.15) is 5.10 Å². The third-order valence-electron chi connectivity index (χ3n) is 3.32. The third kappa shape index (κ3) is 3.47. The summed E-state index contributed by atoms with van der Waals surface area (Å²) >= 11 is 0. The second kappa shape index (κ2) is 6.57. The van der Waals surface area contributed by atoms with Crippen molar-refractivity contribution in [3.05, 3.63) is 41.6 Å². The van der Waals surface area contributed by atoms with Crippen LogP contribution in [0.3, 0.4) is 0 Å². The van der Waals surface area contributed by atoms with Gasteiger partial charge in [0.2, 0.25) is 0 Å². The van der Waals surface area contributed by atoms with E-state index in [2.05, 4.69) is 36.5 Å². The molecule has 1 N–H and O–H groups in total. The summed E-state index contributed by atoms with van der Waals surface area (Å²) in [7, 11) is 1.95. The number of aromatic nitrogens is 2. The number of hydrogen-bond acceptors (Lipinski definition) is 3. The Morgan fingerprint density at radius 2 is 2.26 bits per heavy atom. The van der Waals surface area contributed by atoms with Gasteiger partial charge in [0.15, 0.2) is 0 Å². The van der Waals surface area contributed by atoms with E-state index in [-0.39, 0.29) is 0 Å². The largest absolute Gasteiger partial charge is 0.469 e. The Bertz CT molecular complexity index is 501. The van der Waals surface area contributed by atoms with Crippen molar-refractivity contribution < 1.29 is 4.42 Å². The summed E-state index contributed by atoms with van der Waals surface area (Å²) in [5.74, 6) is 1.08. The van der Waals surface area contributed by atoms with Gasteiger partial charge in [0.05, 0.1) is 12.5 Å². The first kappa shape index (κ1) is 13.9. The van der Waals surface area contributed by atoms with Crippen molar-refractivity contribution >= 4 is 0 Å². The Kier molecular flexibility index (Phi) is 4.80. The van der Waals surface area contributed by atoms with Gasteiger partial charge in [-0.15, -0.1) is 0 Å². The van der Waals surface area contributed by atoms with Gasteiger partial charge >= 0.3 is 0 Å². The van der Waals surface area contributed by atoms with Gasteiger partial charge in [-0.3, -0.25) is 4.68 Å². The zero-order valence-electron chi connectivity index (χ0n) is 12.0. The van der Waals surface area contributed by atoms with E-state index in [1.165, 1.54) is 11.1 Å². The molecule has 0 aliphatic rings. The Labute approximate surface area is 114 Å². The van der Waals surface area contributed by atoms with E-state index < -0.39 is 0 Å². The van der Waals surface area contributed by atoms with Gasteiger partial charge in [-0.1, -0.05) is 13.8 Å².